The van der Waals surface area contributed by atoms with E-state index in [9.17, 15) is 4.57 Å². The zero-order valence-corrected chi connectivity index (χ0v) is 10.6. The normalized spacial score (nSPS) is 33.9. The van der Waals surface area contributed by atoms with Crippen molar-refractivity contribution >= 4 is 16.1 Å². The molecule has 6 nitrogen and oxygen atoms in total. The molecule has 0 aliphatic carbocycles. The molecular weight excluding hydrogens is 246 g/mol. The third-order valence-electron chi connectivity index (χ3n) is 2.55. The van der Waals surface area contributed by atoms with Gasteiger partial charge in [-0.3, -0.25) is 0 Å². The summed E-state index contributed by atoms with van der Waals surface area (Å²) in [5.74, 6) is 0. The highest BCUT2D eigenvalue weighted by Crippen LogP contribution is 2.31. The summed E-state index contributed by atoms with van der Waals surface area (Å²) in [7, 11) is 2.89. The van der Waals surface area contributed by atoms with Gasteiger partial charge in [0.1, 0.15) is 20.1 Å². The summed E-state index contributed by atoms with van der Waals surface area (Å²) in [5, 5.41) is 9.06. The van der Waals surface area contributed by atoms with Crippen LogP contribution in [0.25, 0.3) is 0 Å². The van der Waals surface area contributed by atoms with Crippen molar-refractivity contribution in [2.45, 2.75) is 44.1 Å². The van der Waals surface area contributed by atoms with E-state index in [0.29, 0.717) is 6.61 Å². The molecule has 0 aromatic rings. The highest BCUT2D eigenvalue weighted by Gasteiger charge is 2.48. The largest absolute Gasteiger partial charge is 0.695 e. The number of hydrogen-bond donors (Lipinski definition) is 2. The van der Waals surface area contributed by atoms with Crippen molar-refractivity contribution in [3.05, 3.63) is 0 Å². The van der Waals surface area contributed by atoms with Crippen LogP contribution in [0.4, 0.5) is 0 Å². The highest BCUT2D eigenvalue weighted by atomic mass is 31.1. The van der Waals surface area contributed by atoms with Gasteiger partial charge in [-0.15, -0.1) is 9.42 Å². The highest BCUT2D eigenvalue weighted by molar-refractivity contribution is 7.32. The van der Waals surface area contributed by atoms with Gasteiger partial charge < -0.3 is 14.6 Å². The van der Waals surface area contributed by atoms with E-state index in [1.54, 1.807) is 0 Å². The molecule has 0 aromatic carbocycles. The Morgan fingerprint density at radius 1 is 1.47 bits per heavy atom. The van der Waals surface area contributed by atoms with Gasteiger partial charge in [0.05, 0.1) is 6.61 Å². The number of hydrogen-bond acceptors (Lipinski definition) is 5. The molecule has 1 rings (SSSR count). The summed E-state index contributed by atoms with van der Waals surface area (Å²) < 4.78 is 26.2. The average molecular weight is 263 g/mol. The molecule has 8 heteroatoms. The first-order chi connectivity index (χ1) is 8.10. The standard InChI is InChI=1S/C9H16BO6P/c1-2-3-4-14-8-7(16-17(12)13)6(5-11)15-9(8)10/h6-9,11H,2-5H2,1H3/p+1. The van der Waals surface area contributed by atoms with Gasteiger partial charge in [-0.1, -0.05) is 13.3 Å². The summed E-state index contributed by atoms with van der Waals surface area (Å²) in [6.45, 7) is 2.15. The smallest absolute Gasteiger partial charge is 0.394 e. The summed E-state index contributed by atoms with van der Waals surface area (Å²) >= 11 is 0. The quantitative estimate of drug-likeness (QED) is 0.384. The van der Waals surface area contributed by atoms with Gasteiger partial charge in [-0.25, -0.2) is 0 Å². The Morgan fingerprint density at radius 3 is 2.71 bits per heavy atom. The lowest BCUT2D eigenvalue weighted by atomic mass is 9.93. The predicted octanol–water partition coefficient (Wildman–Crippen LogP) is 0.0923. The fourth-order valence-electron chi connectivity index (χ4n) is 1.69. The first-order valence-corrected chi connectivity index (χ1v) is 6.69. The molecule has 5 atom stereocenters. The Labute approximate surface area is 103 Å². The molecule has 2 radical (unpaired) electrons. The van der Waals surface area contributed by atoms with Gasteiger partial charge in [-0.2, -0.15) is 0 Å². The fraction of sp³-hybridized carbons (Fsp3) is 1.00. The molecule has 0 amide bonds. The first kappa shape index (κ1) is 15.0. The number of rotatable bonds is 7. The van der Waals surface area contributed by atoms with E-state index in [2.05, 4.69) is 0 Å². The minimum Gasteiger partial charge on any atom is -0.394 e. The van der Waals surface area contributed by atoms with Crippen LogP contribution in [0.5, 0.6) is 0 Å². The van der Waals surface area contributed by atoms with Crippen molar-refractivity contribution in [3.8, 4) is 0 Å². The van der Waals surface area contributed by atoms with Crippen LogP contribution in [0.3, 0.4) is 0 Å². The maximum atomic E-state index is 10.7. The van der Waals surface area contributed by atoms with Crippen molar-refractivity contribution in [1.29, 1.82) is 0 Å². The Hall–Kier alpha value is -0.0351. The minimum atomic E-state index is -2.78. The van der Waals surface area contributed by atoms with E-state index < -0.39 is 32.6 Å². The molecule has 1 heterocycles. The van der Waals surface area contributed by atoms with Crippen molar-refractivity contribution in [1.82, 2.24) is 0 Å². The Bertz CT molecular complexity index is 254. The molecule has 1 aliphatic heterocycles. The lowest BCUT2D eigenvalue weighted by molar-refractivity contribution is -0.0173. The van der Waals surface area contributed by atoms with E-state index in [1.807, 2.05) is 6.92 Å². The zero-order valence-electron chi connectivity index (χ0n) is 9.69. The molecule has 0 saturated carbocycles. The number of aliphatic hydroxyl groups is 1. The summed E-state index contributed by atoms with van der Waals surface area (Å²) in [6, 6.07) is -0.760. The van der Waals surface area contributed by atoms with E-state index >= 15 is 0 Å². The molecule has 1 saturated heterocycles. The van der Waals surface area contributed by atoms with Crippen molar-refractivity contribution in [2.24, 2.45) is 0 Å². The lowest BCUT2D eigenvalue weighted by Gasteiger charge is -2.18. The maximum Gasteiger partial charge on any atom is 0.695 e. The maximum absolute atomic E-state index is 10.7. The van der Waals surface area contributed by atoms with Gasteiger partial charge in [0.15, 0.2) is 6.10 Å². The van der Waals surface area contributed by atoms with E-state index in [0.717, 1.165) is 12.8 Å². The third kappa shape index (κ3) is 4.28. The van der Waals surface area contributed by atoms with Crippen molar-refractivity contribution < 1.29 is 28.6 Å². The van der Waals surface area contributed by atoms with Gasteiger partial charge in [0.25, 0.3) is 0 Å². The van der Waals surface area contributed by atoms with E-state index in [1.165, 1.54) is 0 Å². The van der Waals surface area contributed by atoms with Gasteiger partial charge in [0.2, 0.25) is 0 Å². The van der Waals surface area contributed by atoms with Crippen molar-refractivity contribution in [2.75, 3.05) is 13.2 Å². The molecule has 1 aliphatic rings. The third-order valence-corrected chi connectivity index (χ3v) is 2.97. The number of aliphatic hydroxyl groups excluding tert-OH is 1. The average Bonchev–Trinajstić information content (AvgIpc) is 2.56. The molecule has 2 N–H and O–H groups in total. The van der Waals surface area contributed by atoms with Crippen LogP contribution in [0.1, 0.15) is 19.8 Å². The van der Waals surface area contributed by atoms with Crippen LogP contribution in [0.15, 0.2) is 0 Å². The SMILES string of the molecule is [B]C1OC(CO)C(O[P+](=O)O)C1OCCCC. The molecule has 1 fully saturated rings. The second kappa shape index (κ2) is 7.41. The lowest BCUT2D eigenvalue weighted by Crippen LogP contribution is -2.37. The molecule has 0 bridgehead atoms. The van der Waals surface area contributed by atoms with Crippen molar-refractivity contribution in [3.63, 3.8) is 0 Å². The van der Waals surface area contributed by atoms with Crippen LogP contribution in [-0.2, 0) is 18.6 Å². The molecule has 0 spiro atoms. The number of unbranched alkanes of at least 4 members (excludes halogenated alkanes) is 1. The Kier molecular flexibility index (Phi) is 6.55. The minimum absolute atomic E-state index is 0.338. The Morgan fingerprint density at radius 2 is 2.18 bits per heavy atom. The van der Waals surface area contributed by atoms with Gasteiger partial charge in [0, 0.05) is 17.2 Å². The van der Waals surface area contributed by atoms with Gasteiger partial charge >= 0.3 is 8.25 Å². The monoisotopic (exact) mass is 263 g/mol. The van der Waals surface area contributed by atoms with E-state index in [-0.39, 0.29) is 6.61 Å². The first-order valence-electron chi connectivity index (χ1n) is 5.56. The molecule has 0 aromatic heterocycles. The fourth-order valence-corrected chi connectivity index (χ4v) is 2.15. The molecular formula is C9H17BO6P+. The van der Waals surface area contributed by atoms with E-state index in [4.69, 9.17) is 31.8 Å². The second-order valence-corrected chi connectivity index (χ2v) is 4.51. The topological polar surface area (TPSA) is 85.2 Å². The summed E-state index contributed by atoms with van der Waals surface area (Å²) in [4.78, 5) is 8.76. The summed E-state index contributed by atoms with van der Waals surface area (Å²) in [5.41, 5.74) is 0. The molecule has 96 valence electrons. The van der Waals surface area contributed by atoms with Crippen LogP contribution in [0, 0.1) is 0 Å². The van der Waals surface area contributed by atoms with Crippen LogP contribution in [0.2, 0.25) is 0 Å². The molecule has 5 unspecified atom stereocenters. The predicted molar refractivity (Wildman–Crippen MR) is 60.8 cm³/mol. The van der Waals surface area contributed by atoms with Crippen LogP contribution >= 0.6 is 8.25 Å². The second-order valence-electron chi connectivity index (χ2n) is 3.82. The van der Waals surface area contributed by atoms with Crippen LogP contribution in [-0.4, -0.2) is 55.4 Å². The van der Waals surface area contributed by atoms with Gasteiger partial charge in [-0.05, 0) is 6.42 Å². The summed E-state index contributed by atoms with van der Waals surface area (Å²) in [6.07, 6.45) is -0.371. The number of ether oxygens (including phenoxy) is 2. The zero-order chi connectivity index (χ0) is 12.8. The Balaban J connectivity index is 2.58. The molecule has 17 heavy (non-hydrogen) atoms. The van der Waals surface area contributed by atoms with Crippen LogP contribution < -0.4 is 0 Å².